The molecular formula is C27H26N4O4S. The van der Waals surface area contributed by atoms with Gasteiger partial charge < -0.3 is 9.47 Å². The Labute approximate surface area is 213 Å². The number of aromatic nitrogens is 1. The minimum absolute atomic E-state index is 0.0465. The molecule has 0 aliphatic rings. The SMILES string of the molecule is CCOc1cc(/C=N\Nc2nc(-c3ccc(C)cc3C)c(-c3ccc([N+](=O)[O-])cc3)s2)ccc1OC. The molecule has 4 rings (SSSR count). The van der Waals surface area contributed by atoms with Crippen LogP contribution in [0.15, 0.2) is 65.8 Å². The second kappa shape index (κ2) is 11.0. The summed E-state index contributed by atoms with van der Waals surface area (Å²) in [5, 5.41) is 16.1. The van der Waals surface area contributed by atoms with Gasteiger partial charge in [-0.05, 0) is 67.8 Å². The number of hydrogen-bond acceptors (Lipinski definition) is 8. The number of nitrogens with one attached hydrogen (secondary N) is 1. The molecule has 0 radical (unpaired) electrons. The number of rotatable bonds is 9. The summed E-state index contributed by atoms with van der Waals surface area (Å²) in [5.41, 5.74) is 8.83. The second-order valence-electron chi connectivity index (χ2n) is 8.03. The van der Waals surface area contributed by atoms with Crippen LogP contribution < -0.4 is 14.9 Å². The molecule has 8 nitrogen and oxygen atoms in total. The molecule has 0 bridgehead atoms. The number of hydrazone groups is 1. The predicted molar refractivity (Wildman–Crippen MR) is 144 cm³/mol. The monoisotopic (exact) mass is 502 g/mol. The van der Waals surface area contributed by atoms with E-state index < -0.39 is 4.92 Å². The third-order valence-electron chi connectivity index (χ3n) is 5.47. The first-order chi connectivity index (χ1) is 17.4. The highest BCUT2D eigenvalue weighted by atomic mass is 32.1. The van der Waals surface area contributed by atoms with Crippen LogP contribution in [0.3, 0.4) is 0 Å². The van der Waals surface area contributed by atoms with Gasteiger partial charge in [-0.15, -0.1) is 0 Å². The molecule has 184 valence electrons. The fourth-order valence-corrected chi connectivity index (χ4v) is 4.70. The summed E-state index contributed by atoms with van der Waals surface area (Å²) in [6, 6.07) is 18.3. The zero-order valence-electron chi connectivity index (χ0n) is 20.4. The van der Waals surface area contributed by atoms with Crippen molar-refractivity contribution in [2.45, 2.75) is 20.8 Å². The summed E-state index contributed by atoms with van der Waals surface area (Å²) in [5.74, 6) is 1.31. The molecule has 0 aliphatic carbocycles. The lowest BCUT2D eigenvalue weighted by molar-refractivity contribution is -0.384. The number of methoxy groups -OCH3 is 1. The zero-order valence-corrected chi connectivity index (χ0v) is 21.3. The molecule has 0 amide bonds. The van der Waals surface area contributed by atoms with Crippen LogP contribution in [0.4, 0.5) is 10.8 Å². The van der Waals surface area contributed by atoms with Gasteiger partial charge in [0.25, 0.3) is 5.69 Å². The van der Waals surface area contributed by atoms with E-state index in [2.05, 4.69) is 16.6 Å². The molecule has 0 saturated heterocycles. The van der Waals surface area contributed by atoms with Gasteiger partial charge in [0, 0.05) is 17.7 Å². The van der Waals surface area contributed by atoms with Crippen LogP contribution in [0.5, 0.6) is 11.5 Å². The van der Waals surface area contributed by atoms with E-state index in [-0.39, 0.29) is 5.69 Å². The van der Waals surface area contributed by atoms with Gasteiger partial charge in [-0.25, -0.2) is 4.98 Å². The van der Waals surface area contributed by atoms with E-state index in [1.54, 1.807) is 25.5 Å². The molecule has 0 unspecified atom stereocenters. The Morgan fingerprint density at radius 2 is 1.86 bits per heavy atom. The van der Waals surface area contributed by atoms with Crippen molar-refractivity contribution in [1.29, 1.82) is 0 Å². The fraction of sp³-hybridized carbons (Fsp3) is 0.185. The van der Waals surface area contributed by atoms with Crippen molar-refractivity contribution in [3.63, 3.8) is 0 Å². The minimum atomic E-state index is -0.403. The first kappa shape index (κ1) is 24.9. The van der Waals surface area contributed by atoms with Gasteiger partial charge in [-0.1, -0.05) is 35.1 Å². The third-order valence-corrected chi connectivity index (χ3v) is 6.47. The van der Waals surface area contributed by atoms with E-state index in [4.69, 9.17) is 14.5 Å². The standard InChI is InChI=1S/C27H26N4O4S/c1-5-35-24-15-19(7-13-23(24)34-4)16-28-30-27-29-25(22-12-6-17(2)14-18(22)3)26(36-27)20-8-10-21(11-9-20)31(32)33/h6-16H,5H2,1-4H3,(H,29,30)/b28-16-. The Kier molecular flexibility index (Phi) is 7.60. The van der Waals surface area contributed by atoms with Crippen LogP contribution in [0.25, 0.3) is 21.7 Å². The van der Waals surface area contributed by atoms with Crippen LogP contribution >= 0.6 is 11.3 Å². The summed E-state index contributed by atoms with van der Waals surface area (Å²) in [6.07, 6.45) is 1.69. The van der Waals surface area contributed by atoms with E-state index in [0.717, 1.165) is 38.4 Å². The Balaban J connectivity index is 1.67. The maximum atomic E-state index is 11.1. The molecule has 0 aliphatic heterocycles. The van der Waals surface area contributed by atoms with Crippen molar-refractivity contribution in [3.8, 4) is 33.2 Å². The lowest BCUT2D eigenvalue weighted by Gasteiger charge is -2.09. The number of hydrogen-bond donors (Lipinski definition) is 1. The quantitative estimate of drug-likeness (QED) is 0.153. The average Bonchev–Trinajstić information content (AvgIpc) is 3.28. The van der Waals surface area contributed by atoms with Crippen molar-refractivity contribution < 1.29 is 14.4 Å². The first-order valence-electron chi connectivity index (χ1n) is 11.3. The average molecular weight is 503 g/mol. The molecule has 4 aromatic rings. The van der Waals surface area contributed by atoms with Gasteiger partial charge in [0.15, 0.2) is 11.5 Å². The maximum Gasteiger partial charge on any atom is 0.269 e. The zero-order chi connectivity index (χ0) is 25.7. The van der Waals surface area contributed by atoms with E-state index in [1.165, 1.54) is 23.5 Å². The van der Waals surface area contributed by atoms with Gasteiger partial charge >= 0.3 is 0 Å². The van der Waals surface area contributed by atoms with Crippen LogP contribution in [0.2, 0.25) is 0 Å². The van der Waals surface area contributed by atoms with Crippen LogP contribution in [-0.4, -0.2) is 29.8 Å². The normalized spacial score (nSPS) is 11.0. The topological polar surface area (TPSA) is 98.9 Å². The highest BCUT2D eigenvalue weighted by Gasteiger charge is 2.17. The van der Waals surface area contributed by atoms with E-state index in [0.29, 0.717) is 23.2 Å². The molecule has 0 saturated carbocycles. The molecule has 3 aromatic carbocycles. The number of nitro groups is 1. The van der Waals surface area contributed by atoms with Crippen LogP contribution in [0.1, 0.15) is 23.6 Å². The van der Waals surface area contributed by atoms with Gasteiger partial charge in [-0.2, -0.15) is 5.10 Å². The molecule has 9 heteroatoms. The summed E-state index contributed by atoms with van der Waals surface area (Å²) < 4.78 is 11.0. The fourth-order valence-electron chi connectivity index (χ4n) is 3.76. The summed E-state index contributed by atoms with van der Waals surface area (Å²) >= 11 is 1.44. The number of ether oxygens (including phenoxy) is 2. The van der Waals surface area contributed by atoms with Crippen molar-refractivity contribution >= 4 is 28.4 Å². The number of aryl methyl sites for hydroxylation is 2. The molecule has 0 atom stereocenters. The number of benzene rings is 3. The lowest BCUT2D eigenvalue weighted by Crippen LogP contribution is -1.97. The Bertz CT molecular complexity index is 1410. The number of anilines is 1. The number of thiazole rings is 1. The van der Waals surface area contributed by atoms with Crippen molar-refractivity contribution in [2.75, 3.05) is 19.1 Å². The van der Waals surface area contributed by atoms with Crippen LogP contribution in [-0.2, 0) is 0 Å². The van der Waals surface area contributed by atoms with Gasteiger partial charge in [-0.3, -0.25) is 15.5 Å². The molecule has 1 heterocycles. The lowest BCUT2D eigenvalue weighted by atomic mass is 10.0. The molecule has 1 N–H and O–H groups in total. The summed E-state index contributed by atoms with van der Waals surface area (Å²) in [6.45, 7) is 6.54. The summed E-state index contributed by atoms with van der Waals surface area (Å²) in [7, 11) is 1.60. The van der Waals surface area contributed by atoms with E-state index >= 15 is 0 Å². The largest absolute Gasteiger partial charge is 0.493 e. The Morgan fingerprint density at radius 3 is 2.53 bits per heavy atom. The minimum Gasteiger partial charge on any atom is -0.493 e. The van der Waals surface area contributed by atoms with Gasteiger partial charge in [0.2, 0.25) is 5.13 Å². The van der Waals surface area contributed by atoms with Crippen LogP contribution in [0, 0.1) is 24.0 Å². The molecule has 1 aromatic heterocycles. The molecule has 0 fully saturated rings. The van der Waals surface area contributed by atoms with E-state index in [1.807, 2.05) is 51.1 Å². The molecular weight excluding hydrogens is 476 g/mol. The predicted octanol–water partition coefficient (Wildman–Crippen LogP) is 6.86. The third kappa shape index (κ3) is 5.52. The maximum absolute atomic E-state index is 11.1. The first-order valence-corrected chi connectivity index (χ1v) is 12.1. The van der Waals surface area contributed by atoms with Crippen molar-refractivity contribution in [3.05, 3.63) is 87.5 Å². The van der Waals surface area contributed by atoms with Gasteiger partial charge in [0.05, 0.1) is 35.4 Å². The smallest absolute Gasteiger partial charge is 0.269 e. The summed E-state index contributed by atoms with van der Waals surface area (Å²) in [4.78, 5) is 16.4. The highest BCUT2D eigenvalue weighted by Crippen LogP contribution is 2.40. The molecule has 0 spiro atoms. The van der Waals surface area contributed by atoms with Crippen molar-refractivity contribution in [2.24, 2.45) is 5.10 Å². The van der Waals surface area contributed by atoms with E-state index in [9.17, 15) is 10.1 Å². The van der Waals surface area contributed by atoms with Crippen molar-refractivity contribution in [1.82, 2.24) is 4.98 Å². The number of nitro benzene ring substituents is 1. The number of nitrogens with zero attached hydrogens (tertiary/aromatic N) is 3. The second-order valence-corrected chi connectivity index (χ2v) is 9.03. The Morgan fingerprint density at radius 1 is 1.08 bits per heavy atom. The van der Waals surface area contributed by atoms with Gasteiger partial charge in [0.1, 0.15) is 0 Å². The number of non-ortho nitro benzene ring substituents is 1. The molecule has 36 heavy (non-hydrogen) atoms. The Hall–Kier alpha value is -4.24. The highest BCUT2D eigenvalue weighted by molar-refractivity contribution is 7.19.